The molecule has 100 valence electrons. The van der Waals surface area contributed by atoms with E-state index >= 15 is 0 Å². The normalized spacial score (nSPS) is 14.3. The van der Waals surface area contributed by atoms with E-state index in [1.54, 1.807) is 25.1 Å². The number of hydrogen-bond donors (Lipinski definition) is 2. The molecule has 0 spiro atoms. The third-order valence-electron chi connectivity index (χ3n) is 2.63. The molecular weight excluding hydrogens is 318 g/mol. The maximum atomic E-state index is 11.4. The van der Waals surface area contributed by atoms with Crippen LogP contribution in [0.1, 0.15) is 27.2 Å². The van der Waals surface area contributed by atoms with Gasteiger partial charge in [0, 0.05) is 10.2 Å². The van der Waals surface area contributed by atoms with Gasteiger partial charge >= 0.3 is 5.97 Å². The quantitative estimate of drug-likeness (QED) is 0.839. The molecule has 0 radical (unpaired) electrons. The van der Waals surface area contributed by atoms with E-state index in [0.717, 1.165) is 10.2 Å². The lowest BCUT2D eigenvalue weighted by molar-refractivity contribution is -0.142. The van der Waals surface area contributed by atoms with Gasteiger partial charge in [-0.05, 0) is 53.4 Å². The molecule has 18 heavy (non-hydrogen) atoms. The average molecular weight is 335 g/mol. The number of carboxylic acid groups (broad SMARTS) is 1. The zero-order valence-corrected chi connectivity index (χ0v) is 13.0. The third kappa shape index (κ3) is 3.89. The standard InChI is InChI=1S/C13H17BrClNO2/c1-8(2)7-13(3,12(17)18)16-9-4-5-11(15)10(14)6-9/h4-6,8,16H,7H2,1-3H3,(H,17,18). The summed E-state index contributed by atoms with van der Waals surface area (Å²) in [5.74, 6) is -0.573. The van der Waals surface area contributed by atoms with Gasteiger partial charge in [0.25, 0.3) is 0 Å². The van der Waals surface area contributed by atoms with Crippen molar-refractivity contribution >= 4 is 39.2 Å². The Kier molecular flexibility index (Phi) is 5.05. The van der Waals surface area contributed by atoms with Crippen molar-refractivity contribution in [2.75, 3.05) is 5.32 Å². The van der Waals surface area contributed by atoms with E-state index in [1.807, 2.05) is 13.8 Å². The molecule has 1 unspecified atom stereocenters. The summed E-state index contributed by atoms with van der Waals surface area (Å²) in [4.78, 5) is 11.4. The first kappa shape index (κ1) is 15.3. The lowest BCUT2D eigenvalue weighted by atomic mass is 9.90. The zero-order valence-electron chi connectivity index (χ0n) is 10.6. The molecule has 3 nitrogen and oxygen atoms in total. The van der Waals surface area contributed by atoms with E-state index in [0.29, 0.717) is 11.4 Å². The van der Waals surface area contributed by atoms with Crippen LogP contribution in [-0.4, -0.2) is 16.6 Å². The summed E-state index contributed by atoms with van der Waals surface area (Å²) in [7, 11) is 0. The second kappa shape index (κ2) is 5.93. The summed E-state index contributed by atoms with van der Waals surface area (Å²) in [6, 6.07) is 5.28. The monoisotopic (exact) mass is 333 g/mol. The molecular formula is C13H17BrClNO2. The van der Waals surface area contributed by atoms with Crippen molar-refractivity contribution in [3.63, 3.8) is 0 Å². The molecule has 0 aromatic heterocycles. The molecule has 0 aliphatic carbocycles. The molecule has 1 rings (SSSR count). The summed E-state index contributed by atoms with van der Waals surface area (Å²) in [6.45, 7) is 5.69. The molecule has 0 saturated carbocycles. The molecule has 0 fully saturated rings. The minimum atomic E-state index is -0.985. The molecule has 0 heterocycles. The molecule has 0 amide bonds. The van der Waals surface area contributed by atoms with E-state index in [1.165, 1.54) is 0 Å². The van der Waals surface area contributed by atoms with Gasteiger partial charge in [-0.2, -0.15) is 0 Å². The molecule has 2 N–H and O–H groups in total. The van der Waals surface area contributed by atoms with Crippen molar-refractivity contribution in [3.05, 3.63) is 27.7 Å². The fourth-order valence-corrected chi connectivity index (χ4v) is 2.40. The highest BCUT2D eigenvalue weighted by atomic mass is 79.9. The van der Waals surface area contributed by atoms with Crippen LogP contribution in [0.3, 0.4) is 0 Å². The van der Waals surface area contributed by atoms with Gasteiger partial charge in [0.15, 0.2) is 0 Å². The summed E-state index contributed by atoms with van der Waals surface area (Å²) < 4.78 is 0.742. The minimum absolute atomic E-state index is 0.286. The number of carbonyl (C=O) groups is 1. The Morgan fingerprint density at radius 1 is 1.56 bits per heavy atom. The van der Waals surface area contributed by atoms with Gasteiger partial charge in [0.05, 0.1) is 5.02 Å². The van der Waals surface area contributed by atoms with Crippen LogP contribution in [0.15, 0.2) is 22.7 Å². The summed E-state index contributed by atoms with van der Waals surface area (Å²) in [6.07, 6.45) is 0.544. The first-order valence-corrected chi connectivity index (χ1v) is 6.88. The molecule has 0 bridgehead atoms. The Morgan fingerprint density at radius 3 is 2.61 bits per heavy atom. The van der Waals surface area contributed by atoms with Crippen LogP contribution in [0.25, 0.3) is 0 Å². The summed E-state index contributed by atoms with van der Waals surface area (Å²) in [5, 5.41) is 13.0. The van der Waals surface area contributed by atoms with Crippen molar-refractivity contribution in [1.29, 1.82) is 0 Å². The molecule has 0 aliphatic rings. The molecule has 1 aromatic carbocycles. The Balaban J connectivity index is 2.96. The Labute approximate surface area is 121 Å². The number of rotatable bonds is 5. The number of benzene rings is 1. The van der Waals surface area contributed by atoms with E-state index in [2.05, 4.69) is 21.2 Å². The predicted octanol–water partition coefficient (Wildman–Crippen LogP) is 4.40. The second-order valence-corrected chi connectivity index (χ2v) is 6.25. The lowest BCUT2D eigenvalue weighted by Crippen LogP contribution is -2.44. The first-order chi connectivity index (χ1) is 8.24. The van der Waals surface area contributed by atoms with Crippen molar-refractivity contribution in [2.45, 2.75) is 32.7 Å². The molecule has 1 aromatic rings. The number of aliphatic carboxylic acids is 1. The van der Waals surface area contributed by atoms with Crippen molar-refractivity contribution in [2.24, 2.45) is 5.92 Å². The van der Waals surface area contributed by atoms with Crippen LogP contribution in [0.5, 0.6) is 0 Å². The van der Waals surface area contributed by atoms with Gasteiger partial charge in [-0.1, -0.05) is 25.4 Å². The van der Waals surface area contributed by atoms with E-state index in [-0.39, 0.29) is 5.92 Å². The Morgan fingerprint density at radius 2 is 2.17 bits per heavy atom. The van der Waals surface area contributed by atoms with Gasteiger partial charge in [-0.3, -0.25) is 0 Å². The smallest absolute Gasteiger partial charge is 0.329 e. The van der Waals surface area contributed by atoms with Crippen molar-refractivity contribution in [3.8, 4) is 0 Å². The van der Waals surface area contributed by atoms with Crippen LogP contribution >= 0.6 is 27.5 Å². The number of carboxylic acids is 1. The lowest BCUT2D eigenvalue weighted by Gasteiger charge is -2.29. The molecule has 0 aliphatic heterocycles. The Bertz CT molecular complexity index is 451. The SMILES string of the molecule is CC(C)CC(C)(Nc1ccc(Cl)c(Br)c1)C(=O)O. The topological polar surface area (TPSA) is 49.3 Å². The number of nitrogens with one attached hydrogen (secondary N) is 1. The van der Waals surface area contributed by atoms with Crippen molar-refractivity contribution < 1.29 is 9.90 Å². The maximum absolute atomic E-state index is 11.4. The highest BCUT2D eigenvalue weighted by molar-refractivity contribution is 9.10. The average Bonchev–Trinajstić information content (AvgIpc) is 2.22. The van der Waals surface area contributed by atoms with Gasteiger partial charge in [0.2, 0.25) is 0 Å². The first-order valence-electron chi connectivity index (χ1n) is 5.71. The van der Waals surface area contributed by atoms with E-state index in [9.17, 15) is 9.90 Å². The van der Waals surface area contributed by atoms with Gasteiger partial charge < -0.3 is 10.4 Å². The molecule has 0 saturated heterocycles. The van der Waals surface area contributed by atoms with Crippen LogP contribution < -0.4 is 5.32 Å². The van der Waals surface area contributed by atoms with Gasteiger partial charge in [0.1, 0.15) is 5.54 Å². The number of hydrogen-bond acceptors (Lipinski definition) is 2. The molecule has 1 atom stereocenters. The minimum Gasteiger partial charge on any atom is -0.480 e. The van der Waals surface area contributed by atoms with Crippen LogP contribution in [0.2, 0.25) is 5.02 Å². The predicted molar refractivity (Wildman–Crippen MR) is 78.3 cm³/mol. The molecule has 5 heteroatoms. The zero-order chi connectivity index (χ0) is 13.9. The Hall–Kier alpha value is -0.740. The number of anilines is 1. The van der Waals surface area contributed by atoms with E-state index in [4.69, 9.17) is 11.6 Å². The second-order valence-electron chi connectivity index (χ2n) is 4.99. The van der Waals surface area contributed by atoms with Crippen LogP contribution in [0, 0.1) is 5.92 Å². The largest absolute Gasteiger partial charge is 0.480 e. The fraction of sp³-hybridized carbons (Fsp3) is 0.462. The highest BCUT2D eigenvalue weighted by Gasteiger charge is 2.33. The van der Waals surface area contributed by atoms with E-state index < -0.39 is 11.5 Å². The fourth-order valence-electron chi connectivity index (χ4n) is 1.90. The summed E-state index contributed by atoms with van der Waals surface area (Å²) >= 11 is 9.23. The van der Waals surface area contributed by atoms with Gasteiger partial charge in [-0.15, -0.1) is 0 Å². The van der Waals surface area contributed by atoms with Crippen molar-refractivity contribution in [1.82, 2.24) is 0 Å². The maximum Gasteiger partial charge on any atom is 0.329 e. The van der Waals surface area contributed by atoms with Crippen LogP contribution in [0.4, 0.5) is 5.69 Å². The number of halogens is 2. The highest BCUT2D eigenvalue weighted by Crippen LogP contribution is 2.29. The third-order valence-corrected chi connectivity index (χ3v) is 3.84. The van der Waals surface area contributed by atoms with Gasteiger partial charge in [-0.25, -0.2) is 4.79 Å². The van der Waals surface area contributed by atoms with Crippen LogP contribution in [-0.2, 0) is 4.79 Å². The summed E-state index contributed by atoms with van der Waals surface area (Å²) in [5.41, 5.74) is -0.252.